The average molecular weight is 388 g/mol. The summed E-state index contributed by atoms with van der Waals surface area (Å²) in [7, 11) is 1.72. The summed E-state index contributed by atoms with van der Waals surface area (Å²) in [4.78, 5) is 14.0. The van der Waals surface area contributed by atoms with Crippen molar-refractivity contribution in [2.45, 2.75) is 6.54 Å². The van der Waals surface area contributed by atoms with Crippen molar-refractivity contribution in [3.05, 3.63) is 62.0 Å². The minimum atomic E-state index is -0.170. The molecule has 0 atom stereocenters. The number of hydrogen-bond donors (Lipinski definition) is 1. The van der Waals surface area contributed by atoms with Crippen LogP contribution in [-0.4, -0.2) is 17.9 Å². The van der Waals surface area contributed by atoms with Crippen molar-refractivity contribution >= 4 is 50.7 Å². The van der Waals surface area contributed by atoms with Gasteiger partial charge in [-0.2, -0.15) is 0 Å². The summed E-state index contributed by atoms with van der Waals surface area (Å²) in [6, 6.07) is 10.8. The lowest BCUT2D eigenvalue weighted by Crippen LogP contribution is -2.26. The van der Waals surface area contributed by atoms with E-state index in [9.17, 15) is 4.79 Å². The largest absolute Gasteiger partial charge is 0.397 e. The molecule has 110 valence electrons. The van der Waals surface area contributed by atoms with Crippen LogP contribution in [-0.2, 0) is 6.54 Å². The van der Waals surface area contributed by atoms with E-state index in [1.807, 2.05) is 24.3 Å². The van der Waals surface area contributed by atoms with Gasteiger partial charge in [0.1, 0.15) is 0 Å². The fourth-order valence-corrected chi connectivity index (χ4v) is 2.65. The number of anilines is 1. The van der Waals surface area contributed by atoms with Gasteiger partial charge in [-0.05, 0) is 23.8 Å². The number of halogens is 3. The van der Waals surface area contributed by atoms with Crippen LogP contribution in [0.1, 0.15) is 15.9 Å². The first-order valence-corrected chi connectivity index (χ1v) is 7.68. The van der Waals surface area contributed by atoms with E-state index in [2.05, 4.69) is 15.9 Å². The lowest BCUT2D eigenvalue weighted by molar-refractivity contribution is 0.0785. The quantitative estimate of drug-likeness (QED) is 0.781. The van der Waals surface area contributed by atoms with Crippen LogP contribution in [0.3, 0.4) is 0 Å². The molecule has 1 amide bonds. The molecule has 0 saturated heterocycles. The van der Waals surface area contributed by atoms with Gasteiger partial charge in [0.25, 0.3) is 5.91 Å². The van der Waals surface area contributed by atoms with Crippen molar-refractivity contribution in [2.75, 3.05) is 12.8 Å². The van der Waals surface area contributed by atoms with E-state index in [1.54, 1.807) is 11.9 Å². The van der Waals surface area contributed by atoms with Gasteiger partial charge in [0.2, 0.25) is 0 Å². The van der Waals surface area contributed by atoms with E-state index in [1.165, 1.54) is 12.1 Å². The van der Waals surface area contributed by atoms with Crippen LogP contribution < -0.4 is 5.73 Å². The fraction of sp³-hybridized carbons (Fsp3) is 0.133. The molecule has 2 N–H and O–H groups in total. The third-order valence-electron chi connectivity index (χ3n) is 3.02. The second-order valence-corrected chi connectivity index (χ2v) is 6.25. The third kappa shape index (κ3) is 3.70. The number of hydrogen-bond acceptors (Lipinski definition) is 2. The highest BCUT2D eigenvalue weighted by Crippen LogP contribution is 2.30. The summed E-state index contributed by atoms with van der Waals surface area (Å²) in [5, 5.41) is 0.538. The average Bonchev–Trinajstić information content (AvgIpc) is 2.45. The molecule has 2 rings (SSSR count). The molecule has 6 heteroatoms. The van der Waals surface area contributed by atoms with Crippen molar-refractivity contribution in [3.8, 4) is 0 Å². The van der Waals surface area contributed by atoms with Crippen molar-refractivity contribution in [3.63, 3.8) is 0 Å². The van der Waals surface area contributed by atoms with E-state index in [0.717, 1.165) is 10.0 Å². The lowest BCUT2D eigenvalue weighted by atomic mass is 10.1. The van der Waals surface area contributed by atoms with Crippen molar-refractivity contribution in [1.82, 2.24) is 4.90 Å². The monoisotopic (exact) mass is 386 g/mol. The lowest BCUT2D eigenvalue weighted by Gasteiger charge is -2.19. The summed E-state index contributed by atoms with van der Waals surface area (Å²) < 4.78 is 0.957. The zero-order chi connectivity index (χ0) is 15.6. The standard InChI is InChI=1S/C15H13BrCl2N2O/c1-20(8-9-4-2-3-5-11(9)16)15(21)10-6-12(17)14(18)13(19)7-10/h2-7H,8,19H2,1H3. The summed E-state index contributed by atoms with van der Waals surface area (Å²) in [6.07, 6.45) is 0. The minimum Gasteiger partial charge on any atom is -0.397 e. The van der Waals surface area contributed by atoms with Gasteiger partial charge in [0.05, 0.1) is 15.7 Å². The molecule has 0 aromatic heterocycles. The van der Waals surface area contributed by atoms with E-state index < -0.39 is 0 Å². The highest BCUT2D eigenvalue weighted by molar-refractivity contribution is 9.10. The maximum atomic E-state index is 12.4. The van der Waals surface area contributed by atoms with Crippen molar-refractivity contribution in [1.29, 1.82) is 0 Å². The van der Waals surface area contributed by atoms with E-state index >= 15 is 0 Å². The minimum absolute atomic E-state index is 0.170. The number of benzene rings is 2. The SMILES string of the molecule is CN(Cc1ccccc1Br)C(=O)c1cc(N)c(Cl)c(Cl)c1. The van der Waals surface area contributed by atoms with Crippen LogP contribution in [0.4, 0.5) is 5.69 Å². The molecule has 0 spiro atoms. The first-order valence-electron chi connectivity index (χ1n) is 6.13. The first-order chi connectivity index (χ1) is 9.90. The number of carbonyl (C=O) groups is 1. The number of carbonyl (C=O) groups excluding carboxylic acids is 1. The molecule has 0 aliphatic carbocycles. The Kier molecular flexibility index (Phi) is 5.14. The van der Waals surface area contributed by atoms with E-state index in [0.29, 0.717) is 17.8 Å². The zero-order valence-electron chi connectivity index (χ0n) is 11.2. The van der Waals surface area contributed by atoms with Gasteiger partial charge in [0, 0.05) is 23.6 Å². The smallest absolute Gasteiger partial charge is 0.254 e. The van der Waals surface area contributed by atoms with Crippen molar-refractivity contribution < 1.29 is 4.79 Å². The Balaban J connectivity index is 2.22. The molecule has 0 aliphatic heterocycles. The van der Waals surface area contributed by atoms with Crippen LogP contribution in [0, 0.1) is 0 Å². The number of rotatable bonds is 3. The van der Waals surface area contributed by atoms with E-state index in [-0.39, 0.29) is 16.0 Å². The van der Waals surface area contributed by atoms with Crippen LogP contribution in [0.15, 0.2) is 40.9 Å². The molecular formula is C15H13BrCl2N2O. The summed E-state index contributed by atoms with van der Waals surface area (Å²) >= 11 is 15.3. The fourth-order valence-electron chi connectivity index (χ4n) is 1.91. The van der Waals surface area contributed by atoms with Gasteiger partial charge >= 0.3 is 0 Å². The number of nitrogen functional groups attached to an aromatic ring is 1. The highest BCUT2D eigenvalue weighted by Gasteiger charge is 2.16. The molecule has 2 aromatic carbocycles. The molecule has 0 aliphatic rings. The van der Waals surface area contributed by atoms with Gasteiger partial charge < -0.3 is 10.6 Å². The normalized spacial score (nSPS) is 10.5. The Morgan fingerprint density at radius 3 is 2.57 bits per heavy atom. The van der Waals surface area contributed by atoms with Crippen LogP contribution >= 0.6 is 39.1 Å². The summed E-state index contributed by atoms with van der Waals surface area (Å²) in [5.74, 6) is -0.170. The zero-order valence-corrected chi connectivity index (χ0v) is 14.3. The molecule has 2 aromatic rings. The van der Waals surface area contributed by atoms with Crippen molar-refractivity contribution in [2.24, 2.45) is 0 Å². The molecule has 21 heavy (non-hydrogen) atoms. The Bertz CT molecular complexity index is 668. The first kappa shape index (κ1) is 16.1. The van der Waals surface area contributed by atoms with Gasteiger partial charge in [0.15, 0.2) is 0 Å². The Morgan fingerprint density at radius 2 is 1.95 bits per heavy atom. The highest BCUT2D eigenvalue weighted by atomic mass is 79.9. The van der Waals surface area contributed by atoms with Gasteiger partial charge in [-0.15, -0.1) is 0 Å². The van der Waals surface area contributed by atoms with E-state index in [4.69, 9.17) is 28.9 Å². The maximum absolute atomic E-state index is 12.4. The Hall–Kier alpha value is -1.23. The summed E-state index contributed by atoms with van der Waals surface area (Å²) in [6.45, 7) is 0.473. The second kappa shape index (κ2) is 6.69. The molecule has 0 fully saturated rings. The number of nitrogens with zero attached hydrogens (tertiary/aromatic N) is 1. The van der Waals surface area contributed by atoms with Crippen LogP contribution in [0.2, 0.25) is 10.0 Å². The Labute approximate surface area is 141 Å². The number of nitrogens with two attached hydrogens (primary N) is 1. The van der Waals surface area contributed by atoms with Gasteiger partial charge in [-0.25, -0.2) is 0 Å². The topological polar surface area (TPSA) is 46.3 Å². The van der Waals surface area contributed by atoms with Gasteiger partial charge in [-0.3, -0.25) is 4.79 Å². The maximum Gasteiger partial charge on any atom is 0.254 e. The molecule has 0 radical (unpaired) electrons. The molecule has 0 heterocycles. The molecule has 0 unspecified atom stereocenters. The Morgan fingerprint density at radius 1 is 1.29 bits per heavy atom. The molecule has 0 saturated carbocycles. The molecule has 3 nitrogen and oxygen atoms in total. The predicted molar refractivity (Wildman–Crippen MR) is 90.8 cm³/mol. The second-order valence-electron chi connectivity index (χ2n) is 4.61. The third-order valence-corrected chi connectivity index (χ3v) is 4.61. The molecular weight excluding hydrogens is 375 g/mol. The van der Waals surface area contributed by atoms with Crippen LogP contribution in [0.25, 0.3) is 0 Å². The predicted octanol–water partition coefficient (Wildman–Crippen LogP) is 4.61. The number of amides is 1. The van der Waals surface area contributed by atoms with Crippen LogP contribution in [0.5, 0.6) is 0 Å². The molecule has 0 bridgehead atoms. The van der Waals surface area contributed by atoms with Gasteiger partial charge in [-0.1, -0.05) is 57.3 Å². The summed E-state index contributed by atoms with van der Waals surface area (Å²) in [5.41, 5.74) is 7.46.